The van der Waals surface area contributed by atoms with Crippen molar-refractivity contribution in [1.82, 2.24) is 14.3 Å². The van der Waals surface area contributed by atoms with E-state index in [0.717, 1.165) is 20.0 Å². The van der Waals surface area contributed by atoms with Crippen molar-refractivity contribution in [3.63, 3.8) is 0 Å². The number of thiophene rings is 1. The van der Waals surface area contributed by atoms with Crippen LogP contribution in [0.25, 0.3) is 10.4 Å². The van der Waals surface area contributed by atoms with E-state index in [1.54, 1.807) is 0 Å². The van der Waals surface area contributed by atoms with Crippen LogP contribution in [0.5, 0.6) is 0 Å². The van der Waals surface area contributed by atoms with E-state index < -0.39 is 11.8 Å². The van der Waals surface area contributed by atoms with Gasteiger partial charge in [0.05, 0.1) is 13.1 Å². The van der Waals surface area contributed by atoms with Crippen molar-refractivity contribution in [2.45, 2.75) is 26.4 Å². The average molecular weight is 418 g/mol. The lowest BCUT2D eigenvalue weighted by Gasteiger charge is -2.02. The molecule has 2 N–H and O–H groups in total. The fraction of sp³-hybridized carbons (Fsp3) is 0.250. The first-order chi connectivity index (χ1) is 13.9. The molecule has 152 valence electrons. The third-order valence-electron chi connectivity index (χ3n) is 4.45. The minimum Gasteiger partial charge on any atom is -0.327 e. The van der Waals surface area contributed by atoms with E-state index in [-0.39, 0.29) is 31.0 Å². The number of benzene rings is 1. The number of aromatic nitrogens is 3. The third kappa shape index (κ3) is 4.75. The highest BCUT2D eigenvalue weighted by Gasteiger charge is 2.12. The zero-order chi connectivity index (χ0) is 21.0. The maximum absolute atomic E-state index is 12.8. The number of carbonyl (C=O) groups excluding carboxylic acids is 1. The molecule has 0 aliphatic heterocycles. The Hall–Kier alpha value is -2.91. The molecule has 3 aromatic rings. The number of rotatable bonds is 8. The van der Waals surface area contributed by atoms with Crippen LogP contribution in [0.3, 0.4) is 0 Å². The number of carbonyl (C=O) groups is 1. The van der Waals surface area contributed by atoms with Crippen molar-refractivity contribution < 1.29 is 13.6 Å². The van der Waals surface area contributed by atoms with Gasteiger partial charge in [-0.2, -0.15) is 13.9 Å². The second kappa shape index (κ2) is 9.06. The molecule has 0 fully saturated rings. The maximum atomic E-state index is 12.8. The lowest BCUT2D eigenvalue weighted by Crippen LogP contribution is -2.27. The van der Waals surface area contributed by atoms with Crippen LogP contribution in [0.15, 0.2) is 59.2 Å². The van der Waals surface area contributed by atoms with E-state index in [1.165, 1.54) is 22.2 Å². The first-order valence-corrected chi connectivity index (χ1v) is 9.82. The molecule has 2 heterocycles. The van der Waals surface area contributed by atoms with Crippen molar-refractivity contribution >= 4 is 17.1 Å². The second-order valence-corrected chi connectivity index (χ2v) is 7.56. The molecule has 0 spiro atoms. The van der Waals surface area contributed by atoms with Crippen LogP contribution in [0.4, 0.5) is 8.78 Å². The molecule has 0 unspecified atom stereocenters. The summed E-state index contributed by atoms with van der Waals surface area (Å²) >= 11 is 1.51. The van der Waals surface area contributed by atoms with E-state index in [1.807, 2.05) is 43.3 Å². The van der Waals surface area contributed by atoms with Gasteiger partial charge in [-0.3, -0.25) is 9.36 Å². The van der Waals surface area contributed by atoms with Crippen LogP contribution < -0.4 is 11.4 Å². The highest BCUT2D eigenvalue weighted by atomic mass is 32.1. The Morgan fingerprint density at radius 2 is 1.90 bits per heavy atom. The highest BCUT2D eigenvalue weighted by Crippen LogP contribution is 2.28. The quantitative estimate of drug-likeness (QED) is 0.568. The largest absolute Gasteiger partial charge is 0.346 e. The molecule has 0 saturated heterocycles. The summed E-state index contributed by atoms with van der Waals surface area (Å²) < 4.78 is 27.8. The van der Waals surface area contributed by atoms with Crippen LogP contribution >= 0.6 is 11.3 Å². The summed E-state index contributed by atoms with van der Waals surface area (Å²) in [6.07, 6.45) is -0.0914. The van der Waals surface area contributed by atoms with Crippen molar-refractivity contribution in [2.75, 3.05) is 6.54 Å². The van der Waals surface area contributed by atoms with Crippen LogP contribution in [-0.4, -0.2) is 26.7 Å². The standard InChI is InChI=1S/C20H20F2N4O2S/c1-2-17(27)13-3-5-14(6-4-13)18-8-7-16(29-18)11-25-12-24-26(20(25)28)10-15(9-23)19(21)22/h3-8,12H,2,9-11,23H2,1H3. The first-order valence-electron chi connectivity index (χ1n) is 9.00. The Morgan fingerprint density at radius 1 is 1.17 bits per heavy atom. The fourth-order valence-corrected chi connectivity index (χ4v) is 3.79. The van der Waals surface area contributed by atoms with Gasteiger partial charge >= 0.3 is 5.69 Å². The Bertz CT molecular complexity index is 1090. The van der Waals surface area contributed by atoms with Gasteiger partial charge in [0, 0.05) is 33.9 Å². The van der Waals surface area contributed by atoms with E-state index in [2.05, 4.69) is 5.10 Å². The number of nitrogens with two attached hydrogens (primary N) is 1. The summed E-state index contributed by atoms with van der Waals surface area (Å²) in [5, 5.41) is 3.90. The molecule has 1 aromatic carbocycles. The average Bonchev–Trinajstić information content (AvgIpc) is 3.33. The molecular weight excluding hydrogens is 398 g/mol. The molecule has 3 rings (SSSR count). The predicted molar refractivity (Wildman–Crippen MR) is 108 cm³/mol. The number of Topliss-reactive ketones (excluding diaryl/α,β-unsaturated/α-hetero) is 1. The van der Waals surface area contributed by atoms with Crippen molar-refractivity contribution in [2.24, 2.45) is 5.73 Å². The highest BCUT2D eigenvalue weighted by molar-refractivity contribution is 7.15. The SMILES string of the molecule is CCC(=O)c1ccc(-c2ccc(Cn3cnn(CC(CN)=C(F)F)c3=O)s2)cc1. The fourth-order valence-electron chi connectivity index (χ4n) is 2.78. The van der Waals surface area contributed by atoms with Crippen LogP contribution in [0.2, 0.25) is 0 Å². The smallest absolute Gasteiger partial charge is 0.327 e. The molecule has 0 aliphatic carbocycles. The van der Waals surface area contributed by atoms with Crippen LogP contribution in [0, 0.1) is 0 Å². The number of halogens is 2. The lowest BCUT2D eigenvalue weighted by atomic mass is 10.1. The zero-order valence-electron chi connectivity index (χ0n) is 15.8. The lowest BCUT2D eigenvalue weighted by molar-refractivity contribution is 0.0988. The Labute approximate surface area is 169 Å². The molecular formula is C20H20F2N4O2S. The second-order valence-electron chi connectivity index (χ2n) is 6.39. The Morgan fingerprint density at radius 3 is 2.52 bits per heavy atom. The van der Waals surface area contributed by atoms with Gasteiger partial charge in [0.1, 0.15) is 6.33 Å². The maximum Gasteiger partial charge on any atom is 0.346 e. The van der Waals surface area contributed by atoms with Gasteiger partial charge in [0.25, 0.3) is 6.08 Å². The van der Waals surface area contributed by atoms with Gasteiger partial charge in [0.15, 0.2) is 5.78 Å². The molecule has 0 saturated carbocycles. The van der Waals surface area contributed by atoms with E-state index >= 15 is 0 Å². The summed E-state index contributed by atoms with van der Waals surface area (Å²) in [4.78, 5) is 26.0. The molecule has 6 nitrogen and oxygen atoms in total. The topological polar surface area (TPSA) is 82.9 Å². The van der Waals surface area contributed by atoms with Crippen LogP contribution in [-0.2, 0) is 13.1 Å². The zero-order valence-corrected chi connectivity index (χ0v) is 16.6. The van der Waals surface area contributed by atoms with Gasteiger partial charge in [-0.05, 0) is 17.7 Å². The van der Waals surface area contributed by atoms with Gasteiger partial charge in [-0.25, -0.2) is 9.48 Å². The molecule has 9 heteroatoms. The third-order valence-corrected chi connectivity index (χ3v) is 5.57. The molecule has 0 amide bonds. The van der Waals surface area contributed by atoms with Crippen molar-refractivity contribution in [3.8, 4) is 10.4 Å². The number of nitrogens with zero attached hydrogens (tertiary/aromatic N) is 3. The van der Waals surface area contributed by atoms with E-state index in [4.69, 9.17) is 5.73 Å². The predicted octanol–water partition coefficient (Wildman–Crippen LogP) is 3.52. The first kappa shape index (κ1) is 20.8. The van der Waals surface area contributed by atoms with Crippen molar-refractivity contribution in [3.05, 3.63) is 75.3 Å². The minimum atomic E-state index is -1.89. The van der Waals surface area contributed by atoms with Crippen molar-refractivity contribution in [1.29, 1.82) is 0 Å². The van der Waals surface area contributed by atoms with E-state index in [0.29, 0.717) is 12.0 Å². The Balaban J connectivity index is 1.75. The molecule has 0 atom stereocenters. The number of hydrogen-bond donors (Lipinski definition) is 1. The summed E-state index contributed by atoms with van der Waals surface area (Å²) in [7, 11) is 0. The molecule has 0 bridgehead atoms. The molecule has 29 heavy (non-hydrogen) atoms. The Kier molecular flexibility index (Phi) is 6.50. The number of ketones is 1. The minimum absolute atomic E-state index is 0.0973. The summed E-state index contributed by atoms with van der Waals surface area (Å²) in [6, 6.07) is 11.3. The summed E-state index contributed by atoms with van der Waals surface area (Å²) in [6.45, 7) is 1.45. The van der Waals surface area contributed by atoms with Gasteiger partial charge in [0.2, 0.25) is 0 Å². The van der Waals surface area contributed by atoms with Gasteiger partial charge in [-0.15, -0.1) is 11.3 Å². The van der Waals surface area contributed by atoms with E-state index in [9.17, 15) is 18.4 Å². The summed E-state index contributed by atoms with van der Waals surface area (Å²) in [5.41, 5.74) is 6.16. The molecule has 0 aliphatic rings. The number of hydrogen-bond acceptors (Lipinski definition) is 5. The van der Waals surface area contributed by atoms with Crippen LogP contribution in [0.1, 0.15) is 28.6 Å². The molecule has 0 radical (unpaired) electrons. The van der Waals surface area contributed by atoms with Gasteiger partial charge in [-0.1, -0.05) is 31.2 Å². The van der Waals surface area contributed by atoms with Gasteiger partial charge < -0.3 is 5.73 Å². The molecule has 2 aromatic heterocycles. The monoisotopic (exact) mass is 418 g/mol. The normalized spacial score (nSPS) is 10.9. The summed E-state index contributed by atoms with van der Waals surface area (Å²) in [5.74, 6) is 0.0973.